The van der Waals surface area contributed by atoms with Crippen molar-refractivity contribution in [2.24, 2.45) is 0 Å². The molecule has 13 heavy (non-hydrogen) atoms. The molecule has 0 heterocycles. The van der Waals surface area contributed by atoms with Crippen LogP contribution in [0.3, 0.4) is 0 Å². The van der Waals surface area contributed by atoms with Gasteiger partial charge in [0.05, 0.1) is 0 Å². The van der Waals surface area contributed by atoms with Crippen LogP contribution in [0.5, 0.6) is 5.75 Å². The number of para-hydroxylation sites is 1. The standard InChI is InChI=1S/C8H5ClO4/c9-8(12)13-6-4-2-1-3-5(6)7(10)11/h1-4H,(H,10,11). The summed E-state index contributed by atoms with van der Waals surface area (Å²) in [5.41, 5.74) is -1.16. The molecule has 5 heteroatoms. The summed E-state index contributed by atoms with van der Waals surface area (Å²) >= 11 is 4.93. The summed E-state index contributed by atoms with van der Waals surface area (Å²) in [6.07, 6.45) is 0. The minimum absolute atomic E-state index is 0.0602. The summed E-state index contributed by atoms with van der Waals surface area (Å²) in [6, 6.07) is 5.73. The van der Waals surface area contributed by atoms with Gasteiger partial charge in [0, 0.05) is 11.6 Å². The van der Waals surface area contributed by atoms with Gasteiger partial charge in [-0.15, -0.1) is 0 Å². The minimum Gasteiger partial charge on any atom is -0.478 e. The van der Waals surface area contributed by atoms with Crippen LogP contribution in [0.15, 0.2) is 24.3 Å². The lowest BCUT2D eigenvalue weighted by Gasteiger charge is -2.02. The van der Waals surface area contributed by atoms with Crippen LogP contribution >= 0.6 is 11.6 Å². The monoisotopic (exact) mass is 200 g/mol. The molecule has 0 aliphatic rings. The Morgan fingerprint density at radius 1 is 1.31 bits per heavy atom. The Hall–Kier alpha value is -1.55. The fourth-order valence-electron chi connectivity index (χ4n) is 0.819. The lowest BCUT2D eigenvalue weighted by atomic mass is 10.2. The summed E-state index contributed by atoms with van der Waals surface area (Å²) in [7, 11) is 0. The van der Waals surface area contributed by atoms with Crippen LogP contribution in [0.25, 0.3) is 0 Å². The first-order chi connectivity index (χ1) is 6.11. The van der Waals surface area contributed by atoms with Gasteiger partial charge in [-0.3, -0.25) is 0 Å². The van der Waals surface area contributed by atoms with E-state index < -0.39 is 11.4 Å². The molecular formula is C8H5ClO4. The van der Waals surface area contributed by atoms with Crippen molar-refractivity contribution in [3.8, 4) is 5.75 Å². The zero-order valence-electron chi connectivity index (χ0n) is 6.36. The van der Waals surface area contributed by atoms with Gasteiger partial charge in [-0.2, -0.15) is 0 Å². The second-order valence-corrected chi connectivity index (χ2v) is 2.45. The molecule has 1 rings (SSSR count). The lowest BCUT2D eigenvalue weighted by Crippen LogP contribution is -2.04. The molecule has 0 aliphatic carbocycles. The quantitative estimate of drug-likeness (QED) is 0.743. The van der Waals surface area contributed by atoms with Gasteiger partial charge in [-0.1, -0.05) is 12.1 Å². The van der Waals surface area contributed by atoms with Crippen molar-refractivity contribution in [3.05, 3.63) is 29.8 Å². The average molecular weight is 201 g/mol. The van der Waals surface area contributed by atoms with Crippen LogP contribution in [0.4, 0.5) is 4.79 Å². The van der Waals surface area contributed by atoms with E-state index in [1.807, 2.05) is 0 Å². The highest BCUT2D eigenvalue weighted by molar-refractivity contribution is 6.61. The van der Waals surface area contributed by atoms with Crippen molar-refractivity contribution in [2.45, 2.75) is 0 Å². The smallest absolute Gasteiger partial charge is 0.409 e. The molecule has 0 spiro atoms. The Balaban J connectivity index is 3.04. The average Bonchev–Trinajstić information content (AvgIpc) is 2.03. The maximum absolute atomic E-state index is 10.6. The molecule has 1 aromatic rings. The van der Waals surface area contributed by atoms with Crippen LogP contribution in [-0.4, -0.2) is 16.5 Å². The van der Waals surface area contributed by atoms with E-state index in [-0.39, 0.29) is 11.3 Å². The number of carboxylic acids is 1. The molecule has 0 amide bonds. The Bertz CT molecular complexity index is 348. The van der Waals surface area contributed by atoms with E-state index in [0.29, 0.717) is 0 Å². The number of halogens is 1. The molecular weight excluding hydrogens is 196 g/mol. The number of hydrogen-bond donors (Lipinski definition) is 1. The molecule has 1 N–H and O–H groups in total. The summed E-state index contributed by atoms with van der Waals surface area (Å²) < 4.78 is 4.45. The van der Waals surface area contributed by atoms with E-state index in [1.54, 1.807) is 6.07 Å². The first-order valence-electron chi connectivity index (χ1n) is 3.31. The highest BCUT2D eigenvalue weighted by Gasteiger charge is 2.11. The van der Waals surface area contributed by atoms with E-state index in [1.165, 1.54) is 18.2 Å². The molecule has 0 bridgehead atoms. The summed E-state index contributed by atoms with van der Waals surface area (Å²) in [4.78, 5) is 20.9. The van der Waals surface area contributed by atoms with Crippen LogP contribution < -0.4 is 4.74 Å². The van der Waals surface area contributed by atoms with Crippen LogP contribution in [0, 0.1) is 0 Å². The van der Waals surface area contributed by atoms with E-state index in [9.17, 15) is 9.59 Å². The summed E-state index contributed by atoms with van der Waals surface area (Å²) in [5, 5.41) is 8.64. The van der Waals surface area contributed by atoms with Crippen molar-refractivity contribution >= 4 is 23.0 Å². The molecule has 0 atom stereocenters. The van der Waals surface area contributed by atoms with Crippen molar-refractivity contribution in [1.29, 1.82) is 0 Å². The van der Waals surface area contributed by atoms with Crippen molar-refractivity contribution in [3.63, 3.8) is 0 Å². The number of aromatic carboxylic acids is 1. The molecule has 0 aromatic heterocycles. The van der Waals surface area contributed by atoms with Gasteiger partial charge in [0.2, 0.25) is 0 Å². The Labute approximate surface area is 78.7 Å². The van der Waals surface area contributed by atoms with Gasteiger partial charge >= 0.3 is 11.4 Å². The van der Waals surface area contributed by atoms with Crippen LogP contribution in [-0.2, 0) is 0 Å². The fourth-order valence-corrected chi connectivity index (χ4v) is 0.902. The highest BCUT2D eigenvalue weighted by Crippen LogP contribution is 2.18. The number of ether oxygens (including phenoxy) is 1. The molecule has 0 unspecified atom stereocenters. The topological polar surface area (TPSA) is 63.6 Å². The molecule has 0 saturated heterocycles. The number of benzene rings is 1. The predicted molar refractivity (Wildman–Crippen MR) is 45.3 cm³/mol. The molecule has 1 aromatic carbocycles. The van der Waals surface area contributed by atoms with Gasteiger partial charge in [0.1, 0.15) is 11.3 Å². The van der Waals surface area contributed by atoms with E-state index in [0.717, 1.165) is 0 Å². The predicted octanol–water partition coefficient (Wildman–Crippen LogP) is 2.12. The SMILES string of the molecule is O=C(Cl)Oc1ccccc1C(=O)O. The fraction of sp³-hybridized carbons (Fsp3) is 0. The first kappa shape index (κ1) is 9.54. The minimum atomic E-state index is -1.17. The number of rotatable bonds is 2. The van der Waals surface area contributed by atoms with Crippen molar-refractivity contribution < 1.29 is 19.4 Å². The normalized spacial score (nSPS) is 9.31. The molecule has 0 saturated carbocycles. The number of hydrogen-bond acceptors (Lipinski definition) is 3. The molecule has 68 valence electrons. The van der Waals surface area contributed by atoms with Crippen molar-refractivity contribution in [1.82, 2.24) is 0 Å². The number of carboxylic acid groups (broad SMARTS) is 1. The first-order valence-corrected chi connectivity index (χ1v) is 3.68. The van der Waals surface area contributed by atoms with E-state index in [4.69, 9.17) is 16.7 Å². The Morgan fingerprint density at radius 2 is 1.92 bits per heavy atom. The van der Waals surface area contributed by atoms with E-state index in [2.05, 4.69) is 4.74 Å². The Morgan fingerprint density at radius 3 is 2.46 bits per heavy atom. The second-order valence-electron chi connectivity index (χ2n) is 2.14. The molecule has 0 radical (unpaired) electrons. The third-order valence-electron chi connectivity index (χ3n) is 1.31. The second kappa shape index (κ2) is 3.91. The maximum Gasteiger partial charge on any atom is 0.409 e. The van der Waals surface area contributed by atoms with Crippen LogP contribution in [0.2, 0.25) is 0 Å². The van der Waals surface area contributed by atoms with Gasteiger partial charge in [0.25, 0.3) is 0 Å². The van der Waals surface area contributed by atoms with Crippen molar-refractivity contribution in [2.75, 3.05) is 0 Å². The van der Waals surface area contributed by atoms with Gasteiger partial charge in [-0.05, 0) is 12.1 Å². The highest BCUT2D eigenvalue weighted by atomic mass is 35.5. The van der Waals surface area contributed by atoms with E-state index >= 15 is 0 Å². The zero-order chi connectivity index (χ0) is 9.84. The van der Waals surface area contributed by atoms with Crippen LogP contribution in [0.1, 0.15) is 10.4 Å². The zero-order valence-corrected chi connectivity index (χ0v) is 7.12. The third kappa shape index (κ3) is 2.45. The Kier molecular flexibility index (Phi) is 2.87. The molecule has 0 fully saturated rings. The summed E-state index contributed by atoms with van der Waals surface area (Å²) in [6.45, 7) is 0. The summed E-state index contributed by atoms with van der Waals surface area (Å²) in [5.74, 6) is -1.23. The van der Waals surface area contributed by atoms with Gasteiger partial charge in [-0.25, -0.2) is 9.59 Å². The number of carbonyl (C=O) groups is 2. The van der Waals surface area contributed by atoms with Gasteiger partial charge < -0.3 is 9.84 Å². The van der Waals surface area contributed by atoms with Gasteiger partial charge in [0.15, 0.2) is 0 Å². The third-order valence-corrected chi connectivity index (χ3v) is 1.38. The molecule has 0 aliphatic heterocycles. The maximum atomic E-state index is 10.6. The molecule has 4 nitrogen and oxygen atoms in total. The number of carbonyl (C=O) groups excluding carboxylic acids is 1. The lowest BCUT2D eigenvalue weighted by molar-refractivity contribution is 0.0694. The largest absolute Gasteiger partial charge is 0.478 e.